The monoisotopic (exact) mass is 323 g/mol. The maximum atomic E-state index is 12.4. The summed E-state index contributed by atoms with van der Waals surface area (Å²) in [7, 11) is 0. The van der Waals surface area contributed by atoms with Crippen LogP contribution in [0.4, 0.5) is 10.5 Å². The van der Waals surface area contributed by atoms with Crippen LogP contribution in [-0.4, -0.2) is 37.1 Å². The molecular formula is C20H25N3O. The number of benzene rings is 2. The molecule has 1 aliphatic heterocycles. The minimum absolute atomic E-state index is 0.0303. The third-order valence-electron chi connectivity index (χ3n) is 4.62. The highest BCUT2D eigenvalue weighted by molar-refractivity contribution is 5.74. The minimum Gasteiger partial charge on any atom is -0.368 e. The van der Waals surface area contributed by atoms with Gasteiger partial charge in [0.15, 0.2) is 0 Å². The Bertz CT molecular complexity index is 691. The molecule has 1 saturated heterocycles. The molecule has 0 bridgehead atoms. The second kappa shape index (κ2) is 7.39. The van der Waals surface area contributed by atoms with Crippen LogP contribution >= 0.6 is 0 Å². The van der Waals surface area contributed by atoms with Crippen LogP contribution in [0.3, 0.4) is 0 Å². The van der Waals surface area contributed by atoms with E-state index in [1.807, 2.05) is 11.0 Å². The van der Waals surface area contributed by atoms with E-state index in [0.717, 1.165) is 26.2 Å². The number of para-hydroxylation sites is 1. The highest BCUT2D eigenvalue weighted by atomic mass is 16.2. The van der Waals surface area contributed by atoms with Crippen LogP contribution in [0.15, 0.2) is 48.5 Å². The smallest absolute Gasteiger partial charge is 0.317 e. The molecule has 3 rings (SSSR count). The Morgan fingerprint density at radius 1 is 1.00 bits per heavy atom. The van der Waals surface area contributed by atoms with Gasteiger partial charge < -0.3 is 15.1 Å². The van der Waals surface area contributed by atoms with E-state index < -0.39 is 0 Å². The number of hydrogen-bond acceptors (Lipinski definition) is 2. The van der Waals surface area contributed by atoms with Crippen LogP contribution in [-0.2, 0) is 6.54 Å². The molecule has 24 heavy (non-hydrogen) atoms. The molecule has 4 heteroatoms. The van der Waals surface area contributed by atoms with Gasteiger partial charge in [0.25, 0.3) is 0 Å². The first-order valence-corrected chi connectivity index (χ1v) is 8.52. The molecule has 0 unspecified atom stereocenters. The van der Waals surface area contributed by atoms with Crippen molar-refractivity contribution in [3.05, 3.63) is 65.2 Å². The van der Waals surface area contributed by atoms with Crippen molar-refractivity contribution in [2.75, 3.05) is 31.1 Å². The third kappa shape index (κ3) is 3.88. The Balaban J connectivity index is 1.50. The van der Waals surface area contributed by atoms with Gasteiger partial charge in [-0.25, -0.2) is 4.79 Å². The van der Waals surface area contributed by atoms with Crippen LogP contribution in [0.2, 0.25) is 0 Å². The summed E-state index contributed by atoms with van der Waals surface area (Å²) in [4.78, 5) is 16.6. The first kappa shape index (κ1) is 16.4. The number of urea groups is 1. The SMILES string of the molecule is Cc1ccc(CNC(=O)N2CCN(c3ccccc3)CC2)c(C)c1. The fourth-order valence-corrected chi connectivity index (χ4v) is 3.13. The van der Waals surface area contributed by atoms with Gasteiger partial charge in [0.05, 0.1) is 0 Å². The molecule has 0 aromatic heterocycles. The first-order valence-electron chi connectivity index (χ1n) is 8.52. The molecule has 1 heterocycles. The van der Waals surface area contributed by atoms with E-state index in [1.165, 1.54) is 22.4 Å². The zero-order valence-electron chi connectivity index (χ0n) is 14.5. The lowest BCUT2D eigenvalue weighted by Crippen LogP contribution is -2.51. The van der Waals surface area contributed by atoms with Gasteiger partial charge in [-0.1, -0.05) is 42.0 Å². The molecule has 4 nitrogen and oxygen atoms in total. The number of anilines is 1. The fourth-order valence-electron chi connectivity index (χ4n) is 3.13. The Labute approximate surface area is 144 Å². The average Bonchev–Trinajstić information content (AvgIpc) is 2.62. The van der Waals surface area contributed by atoms with Crippen molar-refractivity contribution in [1.29, 1.82) is 0 Å². The second-order valence-electron chi connectivity index (χ2n) is 6.40. The summed E-state index contributed by atoms with van der Waals surface area (Å²) >= 11 is 0. The summed E-state index contributed by atoms with van der Waals surface area (Å²) in [6, 6.07) is 16.7. The van der Waals surface area contributed by atoms with E-state index in [0.29, 0.717) is 6.54 Å². The van der Waals surface area contributed by atoms with Gasteiger partial charge in [0.1, 0.15) is 0 Å². The Morgan fingerprint density at radius 3 is 2.38 bits per heavy atom. The Kier molecular flexibility index (Phi) is 5.04. The van der Waals surface area contributed by atoms with Crippen LogP contribution in [0.1, 0.15) is 16.7 Å². The number of hydrogen-bond donors (Lipinski definition) is 1. The summed E-state index contributed by atoms with van der Waals surface area (Å²) in [6.45, 7) is 8.03. The van der Waals surface area contributed by atoms with Crippen LogP contribution in [0.25, 0.3) is 0 Å². The number of piperazine rings is 1. The van der Waals surface area contributed by atoms with E-state index in [9.17, 15) is 4.79 Å². The molecule has 1 N–H and O–H groups in total. The van der Waals surface area contributed by atoms with E-state index >= 15 is 0 Å². The fraction of sp³-hybridized carbons (Fsp3) is 0.350. The largest absolute Gasteiger partial charge is 0.368 e. The minimum atomic E-state index is 0.0303. The number of nitrogens with zero attached hydrogens (tertiary/aromatic N) is 2. The van der Waals surface area contributed by atoms with Gasteiger partial charge in [-0.05, 0) is 37.1 Å². The highest BCUT2D eigenvalue weighted by Crippen LogP contribution is 2.16. The van der Waals surface area contributed by atoms with Crippen molar-refractivity contribution < 1.29 is 4.79 Å². The molecule has 0 saturated carbocycles. The van der Waals surface area contributed by atoms with Crippen molar-refractivity contribution in [2.45, 2.75) is 20.4 Å². The number of carbonyl (C=O) groups is 1. The maximum Gasteiger partial charge on any atom is 0.317 e. The first-order chi connectivity index (χ1) is 11.6. The van der Waals surface area contributed by atoms with E-state index in [1.54, 1.807) is 0 Å². The summed E-state index contributed by atoms with van der Waals surface area (Å²) in [6.07, 6.45) is 0. The van der Waals surface area contributed by atoms with Gasteiger partial charge in [-0.2, -0.15) is 0 Å². The van der Waals surface area contributed by atoms with Crippen molar-refractivity contribution >= 4 is 11.7 Å². The zero-order valence-corrected chi connectivity index (χ0v) is 14.5. The summed E-state index contributed by atoms with van der Waals surface area (Å²) in [5.74, 6) is 0. The predicted molar refractivity (Wildman–Crippen MR) is 98.4 cm³/mol. The normalized spacial score (nSPS) is 14.6. The summed E-state index contributed by atoms with van der Waals surface area (Å²) in [5, 5.41) is 3.05. The molecule has 2 aromatic carbocycles. The Morgan fingerprint density at radius 2 is 1.71 bits per heavy atom. The average molecular weight is 323 g/mol. The molecule has 0 atom stereocenters. The predicted octanol–water partition coefficient (Wildman–Crippen LogP) is 3.34. The number of amides is 2. The zero-order chi connectivity index (χ0) is 16.9. The molecule has 2 amide bonds. The van der Waals surface area contributed by atoms with Crippen molar-refractivity contribution in [3.8, 4) is 0 Å². The van der Waals surface area contributed by atoms with Gasteiger partial charge in [-0.15, -0.1) is 0 Å². The second-order valence-corrected chi connectivity index (χ2v) is 6.40. The van der Waals surface area contributed by atoms with Crippen molar-refractivity contribution in [3.63, 3.8) is 0 Å². The molecular weight excluding hydrogens is 298 g/mol. The molecule has 0 spiro atoms. The molecule has 1 aliphatic rings. The van der Waals surface area contributed by atoms with Gasteiger partial charge in [-0.3, -0.25) is 0 Å². The topological polar surface area (TPSA) is 35.6 Å². The lowest BCUT2D eigenvalue weighted by molar-refractivity contribution is 0.194. The van der Waals surface area contributed by atoms with E-state index in [2.05, 4.69) is 66.5 Å². The molecule has 1 fully saturated rings. The molecule has 2 aromatic rings. The number of aryl methyl sites for hydroxylation is 2. The quantitative estimate of drug-likeness (QED) is 0.940. The maximum absolute atomic E-state index is 12.4. The number of carbonyl (C=O) groups excluding carboxylic acids is 1. The molecule has 0 radical (unpaired) electrons. The lowest BCUT2D eigenvalue weighted by Gasteiger charge is -2.36. The molecule has 0 aliphatic carbocycles. The Hall–Kier alpha value is -2.49. The number of rotatable bonds is 3. The lowest BCUT2D eigenvalue weighted by atomic mass is 10.1. The summed E-state index contributed by atoms with van der Waals surface area (Å²) < 4.78 is 0. The van der Waals surface area contributed by atoms with Gasteiger partial charge >= 0.3 is 6.03 Å². The standard InChI is InChI=1S/C20H25N3O/c1-16-8-9-18(17(2)14-16)15-21-20(24)23-12-10-22(11-13-23)19-6-4-3-5-7-19/h3-9,14H,10-13,15H2,1-2H3,(H,21,24). The van der Waals surface area contributed by atoms with E-state index in [4.69, 9.17) is 0 Å². The van der Waals surface area contributed by atoms with E-state index in [-0.39, 0.29) is 6.03 Å². The van der Waals surface area contributed by atoms with Crippen LogP contribution in [0, 0.1) is 13.8 Å². The third-order valence-corrected chi connectivity index (χ3v) is 4.62. The summed E-state index contributed by atoms with van der Waals surface area (Å²) in [5.41, 5.74) is 4.88. The van der Waals surface area contributed by atoms with Gasteiger partial charge in [0.2, 0.25) is 0 Å². The number of nitrogens with one attached hydrogen (secondary N) is 1. The highest BCUT2D eigenvalue weighted by Gasteiger charge is 2.20. The van der Waals surface area contributed by atoms with Crippen molar-refractivity contribution in [2.24, 2.45) is 0 Å². The molecule has 126 valence electrons. The van der Waals surface area contributed by atoms with Crippen LogP contribution < -0.4 is 10.2 Å². The van der Waals surface area contributed by atoms with Crippen molar-refractivity contribution in [1.82, 2.24) is 10.2 Å². The van der Waals surface area contributed by atoms with Crippen LogP contribution in [0.5, 0.6) is 0 Å². The van der Waals surface area contributed by atoms with Gasteiger partial charge in [0, 0.05) is 38.4 Å².